The van der Waals surface area contributed by atoms with Crippen molar-refractivity contribution in [3.63, 3.8) is 0 Å². The highest BCUT2D eigenvalue weighted by Gasteiger charge is 2.20. The molecule has 2 rings (SSSR count). The quantitative estimate of drug-likeness (QED) is 0.642. The first-order chi connectivity index (χ1) is 8.54. The number of hydrogen-bond acceptors (Lipinski definition) is 5. The fraction of sp³-hybridized carbons (Fsp3) is 0.231. The average Bonchev–Trinajstić information content (AvgIpc) is 2.28. The number of benzene rings is 1. The molecule has 2 N–H and O–H groups in total. The number of fused-ring (bicyclic) bond motifs is 1. The van der Waals surface area contributed by atoms with Crippen molar-refractivity contribution in [2.24, 2.45) is 0 Å². The summed E-state index contributed by atoms with van der Waals surface area (Å²) in [5.74, 6) is -0.920. The van der Waals surface area contributed by atoms with Gasteiger partial charge in [-0.05, 0) is 18.6 Å². The Labute approximate surface area is 102 Å². The van der Waals surface area contributed by atoms with E-state index < -0.39 is 11.4 Å². The zero-order valence-electron chi connectivity index (χ0n) is 9.77. The van der Waals surface area contributed by atoms with Gasteiger partial charge in [-0.3, -0.25) is 4.79 Å². The summed E-state index contributed by atoms with van der Waals surface area (Å²) >= 11 is 0. The van der Waals surface area contributed by atoms with Crippen LogP contribution in [0.15, 0.2) is 27.4 Å². The number of carbonyl (C=O) groups is 1. The summed E-state index contributed by atoms with van der Waals surface area (Å²) in [4.78, 5) is 23.4. The maximum Gasteiger partial charge on any atom is 0.351 e. The van der Waals surface area contributed by atoms with Crippen molar-refractivity contribution in [2.45, 2.75) is 19.8 Å². The SMILES string of the molecule is CCCC(=O)c1c(O)c2ccc(O)cc2oc1=O. The van der Waals surface area contributed by atoms with E-state index in [1.807, 2.05) is 0 Å². The minimum atomic E-state index is -0.885. The van der Waals surface area contributed by atoms with Crippen LogP contribution in [0.2, 0.25) is 0 Å². The van der Waals surface area contributed by atoms with Crippen molar-refractivity contribution in [1.29, 1.82) is 0 Å². The van der Waals surface area contributed by atoms with Crippen LogP contribution >= 0.6 is 0 Å². The standard InChI is InChI=1S/C13H12O5/c1-2-3-9(15)11-12(16)8-5-4-7(14)6-10(8)18-13(11)17/h4-6,14,16H,2-3H2,1H3. The summed E-state index contributed by atoms with van der Waals surface area (Å²) in [7, 11) is 0. The highest BCUT2D eigenvalue weighted by Crippen LogP contribution is 2.29. The third kappa shape index (κ3) is 1.95. The van der Waals surface area contributed by atoms with Gasteiger partial charge in [0.05, 0.1) is 5.39 Å². The maximum absolute atomic E-state index is 11.7. The van der Waals surface area contributed by atoms with Crippen LogP contribution in [0.3, 0.4) is 0 Å². The Hall–Kier alpha value is -2.30. The lowest BCUT2D eigenvalue weighted by Gasteiger charge is -2.05. The van der Waals surface area contributed by atoms with Gasteiger partial charge in [-0.2, -0.15) is 0 Å². The van der Waals surface area contributed by atoms with Gasteiger partial charge in [0, 0.05) is 12.5 Å². The van der Waals surface area contributed by atoms with Crippen LogP contribution in [0, 0.1) is 0 Å². The second kappa shape index (κ2) is 4.52. The molecule has 0 bridgehead atoms. The molecule has 0 aliphatic rings. The van der Waals surface area contributed by atoms with Crippen molar-refractivity contribution >= 4 is 16.8 Å². The number of phenolic OH excluding ortho intramolecular Hbond substituents is 1. The van der Waals surface area contributed by atoms with E-state index >= 15 is 0 Å². The smallest absolute Gasteiger partial charge is 0.351 e. The van der Waals surface area contributed by atoms with E-state index in [0.717, 1.165) is 0 Å². The number of carbonyl (C=O) groups excluding carboxylic acids is 1. The van der Waals surface area contributed by atoms with Gasteiger partial charge in [-0.1, -0.05) is 6.92 Å². The molecule has 18 heavy (non-hydrogen) atoms. The molecule has 5 nitrogen and oxygen atoms in total. The predicted molar refractivity (Wildman–Crippen MR) is 65.1 cm³/mol. The molecule has 0 saturated carbocycles. The fourth-order valence-electron chi connectivity index (χ4n) is 1.77. The molecule has 1 aromatic heterocycles. The van der Waals surface area contributed by atoms with E-state index in [9.17, 15) is 19.8 Å². The third-order valence-electron chi connectivity index (χ3n) is 2.62. The van der Waals surface area contributed by atoms with E-state index in [4.69, 9.17) is 4.42 Å². The zero-order valence-corrected chi connectivity index (χ0v) is 9.77. The van der Waals surface area contributed by atoms with E-state index in [1.165, 1.54) is 18.2 Å². The monoisotopic (exact) mass is 248 g/mol. The number of phenols is 1. The molecule has 94 valence electrons. The molecule has 2 aromatic rings. The summed E-state index contributed by atoms with van der Waals surface area (Å²) in [5.41, 5.74) is -1.16. The Bertz CT molecular complexity index is 669. The van der Waals surface area contributed by atoms with Crippen LogP contribution in [0.1, 0.15) is 30.1 Å². The highest BCUT2D eigenvalue weighted by atomic mass is 16.4. The molecule has 1 aromatic carbocycles. The molecule has 0 radical (unpaired) electrons. The van der Waals surface area contributed by atoms with E-state index in [2.05, 4.69) is 0 Å². The average molecular weight is 248 g/mol. The van der Waals surface area contributed by atoms with Gasteiger partial charge in [0.1, 0.15) is 22.6 Å². The summed E-state index contributed by atoms with van der Waals surface area (Å²) in [6.45, 7) is 1.80. The summed E-state index contributed by atoms with van der Waals surface area (Å²) in [6.07, 6.45) is 0.743. The lowest BCUT2D eigenvalue weighted by molar-refractivity contribution is 0.0975. The topological polar surface area (TPSA) is 87.7 Å². The molecule has 0 spiro atoms. The first-order valence-electron chi connectivity index (χ1n) is 5.56. The Morgan fingerprint density at radius 3 is 2.72 bits per heavy atom. The second-order valence-electron chi connectivity index (χ2n) is 3.97. The van der Waals surface area contributed by atoms with Crippen molar-refractivity contribution in [3.8, 4) is 11.5 Å². The molecule has 0 saturated heterocycles. The van der Waals surface area contributed by atoms with Gasteiger partial charge >= 0.3 is 5.63 Å². The van der Waals surface area contributed by atoms with Crippen molar-refractivity contribution in [1.82, 2.24) is 0 Å². The van der Waals surface area contributed by atoms with Gasteiger partial charge in [-0.25, -0.2) is 4.79 Å². The summed E-state index contributed by atoms with van der Waals surface area (Å²) in [5, 5.41) is 19.4. The van der Waals surface area contributed by atoms with E-state index in [1.54, 1.807) is 6.92 Å². The van der Waals surface area contributed by atoms with Crippen LogP contribution in [-0.4, -0.2) is 16.0 Å². The molecule has 0 aliphatic heterocycles. The van der Waals surface area contributed by atoms with Gasteiger partial charge in [-0.15, -0.1) is 0 Å². The molecule has 0 aliphatic carbocycles. The summed E-state index contributed by atoms with van der Waals surface area (Å²) < 4.78 is 4.93. The second-order valence-corrected chi connectivity index (χ2v) is 3.97. The van der Waals surface area contributed by atoms with Gasteiger partial charge < -0.3 is 14.6 Å². The van der Waals surface area contributed by atoms with Crippen molar-refractivity contribution in [2.75, 3.05) is 0 Å². The molecule has 0 unspecified atom stereocenters. The minimum absolute atomic E-state index is 0.0468. The van der Waals surface area contributed by atoms with Crippen LogP contribution in [0.4, 0.5) is 0 Å². The zero-order chi connectivity index (χ0) is 13.3. The van der Waals surface area contributed by atoms with Crippen molar-refractivity contribution in [3.05, 3.63) is 34.2 Å². The molecular formula is C13H12O5. The number of hydrogen-bond donors (Lipinski definition) is 2. The van der Waals surface area contributed by atoms with Gasteiger partial charge in [0.25, 0.3) is 0 Å². The normalized spacial score (nSPS) is 10.7. The highest BCUT2D eigenvalue weighted by molar-refractivity contribution is 6.02. The van der Waals surface area contributed by atoms with Crippen LogP contribution in [-0.2, 0) is 0 Å². The largest absolute Gasteiger partial charge is 0.508 e. The third-order valence-corrected chi connectivity index (χ3v) is 2.62. The van der Waals surface area contributed by atoms with Crippen LogP contribution in [0.25, 0.3) is 11.0 Å². The van der Waals surface area contributed by atoms with E-state index in [-0.39, 0.29) is 34.5 Å². The molecule has 0 atom stereocenters. The summed E-state index contributed by atoms with van der Waals surface area (Å²) in [6, 6.07) is 3.95. The maximum atomic E-state index is 11.7. The first-order valence-corrected chi connectivity index (χ1v) is 5.56. The minimum Gasteiger partial charge on any atom is -0.508 e. The fourth-order valence-corrected chi connectivity index (χ4v) is 1.77. The predicted octanol–water partition coefficient (Wildman–Crippen LogP) is 2.19. The molecule has 1 heterocycles. The first kappa shape index (κ1) is 12.2. The number of ketones is 1. The Morgan fingerprint density at radius 1 is 1.33 bits per heavy atom. The number of rotatable bonds is 3. The van der Waals surface area contributed by atoms with Crippen molar-refractivity contribution < 1.29 is 19.4 Å². The molecule has 0 fully saturated rings. The Balaban J connectivity index is 2.73. The Kier molecular flexibility index (Phi) is 3.06. The lowest BCUT2D eigenvalue weighted by atomic mass is 10.1. The van der Waals surface area contributed by atoms with Crippen LogP contribution in [0.5, 0.6) is 11.5 Å². The molecular weight excluding hydrogens is 236 g/mol. The van der Waals surface area contributed by atoms with Gasteiger partial charge in [0.15, 0.2) is 5.78 Å². The molecule has 0 amide bonds. The molecule has 5 heteroatoms. The lowest BCUT2D eigenvalue weighted by Crippen LogP contribution is -2.14. The van der Waals surface area contributed by atoms with Gasteiger partial charge in [0.2, 0.25) is 0 Å². The van der Waals surface area contributed by atoms with Crippen LogP contribution < -0.4 is 5.63 Å². The van der Waals surface area contributed by atoms with E-state index in [0.29, 0.717) is 6.42 Å². The number of Topliss-reactive ketones (excluding diaryl/α,β-unsaturated/α-hetero) is 1. The number of aromatic hydroxyl groups is 2. The Morgan fingerprint density at radius 2 is 2.06 bits per heavy atom.